The largest absolute Gasteiger partial charge is 0.466 e. The second-order valence-corrected chi connectivity index (χ2v) is 8.42. The van der Waals surface area contributed by atoms with E-state index in [0.29, 0.717) is 12.8 Å². The van der Waals surface area contributed by atoms with Crippen molar-refractivity contribution in [1.29, 1.82) is 0 Å². The fourth-order valence-corrected chi connectivity index (χ4v) is 4.33. The molecule has 1 aromatic heterocycles. The van der Waals surface area contributed by atoms with Crippen LogP contribution in [0, 0.1) is 18.3 Å². The number of nitrogens with one attached hydrogen (secondary N) is 2. The maximum atomic E-state index is 12.9. The molecule has 0 spiro atoms. The zero-order chi connectivity index (χ0) is 23.1. The number of hydrogen-bond donors (Lipinski definition) is 2. The number of aryl methyl sites for hydroxylation is 2. The highest BCUT2D eigenvalue weighted by atomic mass is 16.5. The Kier molecular flexibility index (Phi) is 8.09. The van der Waals surface area contributed by atoms with E-state index in [1.807, 2.05) is 13.0 Å². The van der Waals surface area contributed by atoms with Crippen LogP contribution in [0.4, 0.5) is 5.82 Å². The van der Waals surface area contributed by atoms with Crippen molar-refractivity contribution in [1.82, 2.24) is 15.2 Å². The van der Waals surface area contributed by atoms with Crippen molar-refractivity contribution in [3.8, 4) is 12.3 Å². The minimum Gasteiger partial charge on any atom is -0.466 e. The number of nitrogens with zero attached hydrogens (tertiary/aromatic N) is 2. The van der Waals surface area contributed by atoms with E-state index in [0.717, 1.165) is 37.3 Å². The van der Waals surface area contributed by atoms with Gasteiger partial charge in [0.05, 0.1) is 19.6 Å². The molecule has 32 heavy (non-hydrogen) atoms. The Hall–Kier alpha value is -3.08. The van der Waals surface area contributed by atoms with Crippen molar-refractivity contribution in [2.45, 2.75) is 64.5 Å². The number of esters is 1. The predicted octanol–water partition coefficient (Wildman–Crippen LogP) is 1.68. The van der Waals surface area contributed by atoms with Gasteiger partial charge in [-0.05, 0) is 57.6 Å². The maximum absolute atomic E-state index is 12.9. The van der Waals surface area contributed by atoms with E-state index in [9.17, 15) is 14.4 Å². The molecule has 3 atom stereocenters. The van der Waals surface area contributed by atoms with Gasteiger partial charge in [0.15, 0.2) is 0 Å². The molecule has 2 N–H and O–H groups in total. The first-order chi connectivity index (χ1) is 15.4. The third-order valence-corrected chi connectivity index (χ3v) is 6.02. The molecule has 3 rings (SSSR count). The van der Waals surface area contributed by atoms with Gasteiger partial charge >= 0.3 is 5.97 Å². The number of carbonyl (C=O) groups is 3. The second-order valence-electron chi connectivity index (χ2n) is 8.42. The number of likely N-dealkylation sites (tertiary alicyclic amines) is 1. The molecule has 1 aromatic rings. The average molecular weight is 441 g/mol. The molecule has 0 aromatic carbocycles. The minimum absolute atomic E-state index is 0.0219. The average Bonchev–Trinajstić information content (AvgIpc) is 3.04. The Morgan fingerprint density at radius 1 is 1.44 bits per heavy atom. The SMILES string of the molecule is C#C[C@H](CC(=O)OCC)NC(=O)CN1C(=O)[C@@H](CCc2ccc3c(n2)NCCC3)C[C@H]1C. The van der Waals surface area contributed by atoms with Crippen LogP contribution in [0.2, 0.25) is 0 Å². The summed E-state index contributed by atoms with van der Waals surface area (Å²) < 4.78 is 4.87. The molecule has 2 aliphatic heterocycles. The first kappa shape index (κ1) is 23.6. The van der Waals surface area contributed by atoms with E-state index in [2.05, 4.69) is 22.6 Å². The number of aromatic nitrogens is 1. The van der Waals surface area contributed by atoms with Gasteiger partial charge in [-0.25, -0.2) is 4.98 Å². The number of pyridine rings is 1. The minimum atomic E-state index is -0.756. The molecule has 172 valence electrons. The maximum Gasteiger partial charge on any atom is 0.308 e. The summed E-state index contributed by atoms with van der Waals surface area (Å²) in [6, 6.07) is 3.38. The fraction of sp³-hybridized carbons (Fsp3) is 0.583. The number of anilines is 1. The fourth-order valence-electron chi connectivity index (χ4n) is 4.33. The number of carbonyl (C=O) groups excluding carboxylic acids is 3. The number of fused-ring (bicyclic) bond motifs is 1. The van der Waals surface area contributed by atoms with Crippen molar-refractivity contribution in [2.75, 3.05) is 25.0 Å². The molecule has 0 unspecified atom stereocenters. The van der Waals surface area contributed by atoms with E-state index < -0.39 is 12.0 Å². The van der Waals surface area contributed by atoms with Gasteiger partial charge in [-0.3, -0.25) is 14.4 Å². The Balaban J connectivity index is 1.50. The summed E-state index contributed by atoms with van der Waals surface area (Å²) in [5, 5.41) is 5.98. The van der Waals surface area contributed by atoms with Crippen LogP contribution in [-0.2, 0) is 32.0 Å². The number of ether oxygens (including phenoxy) is 1. The van der Waals surface area contributed by atoms with Crippen LogP contribution < -0.4 is 10.6 Å². The molecule has 8 nitrogen and oxygen atoms in total. The Bertz CT molecular complexity index is 894. The first-order valence-corrected chi connectivity index (χ1v) is 11.4. The lowest BCUT2D eigenvalue weighted by molar-refractivity contribution is -0.143. The first-order valence-electron chi connectivity index (χ1n) is 11.4. The monoisotopic (exact) mass is 440 g/mol. The highest BCUT2D eigenvalue weighted by molar-refractivity contribution is 5.88. The summed E-state index contributed by atoms with van der Waals surface area (Å²) in [6.45, 7) is 4.78. The molecule has 2 amide bonds. The third-order valence-electron chi connectivity index (χ3n) is 6.02. The summed E-state index contributed by atoms with van der Waals surface area (Å²) >= 11 is 0. The van der Waals surface area contributed by atoms with Crippen LogP contribution in [0.3, 0.4) is 0 Å². The zero-order valence-corrected chi connectivity index (χ0v) is 18.9. The van der Waals surface area contributed by atoms with Gasteiger partial charge in [-0.1, -0.05) is 12.0 Å². The Labute approximate surface area is 189 Å². The smallest absolute Gasteiger partial charge is 0.308 e. The summed E-state index contributed by atoms with van der Waals surface area (Å²) in [4.78, 5) is 43.3. The van der Waals surface area contributed by atoms with Gasteiger partial charge < -0.3 is 20.3 Å². The van der Waals surface area contributed by atoms with E-state index >= 15 is 0 Å². The van der Waals surface area contributed by atoms with Crippen LogP contribution in [0.1, 0.15) is 50.8 Å². The summed E-state index contributed by atoms with van der Waals surface area (Å²) in [6.07, 6.45) is 9.62. The highest BCUT2D eigenvalue weighted by Crippen LogP contribution is 2.28. The lowest BCUT2D eigenvalue weighted by atomic mass is 9.98. The van der Waals surface area contributed by atoms with E-state index in [4.69, 9.17) is 16.1 Å². The number of amides is 2. The van der Waals surface area contributed by atoms with Crippen molar-refractivity contribution in [2.24, 2.45) is 5.92 Å². The Morgan fingerprint density at radius 2 is 2.25 bits per heavy atom. The molecule has 0 radical (unpaired) electrons. The van der Waals surface area contributed by atoms with Gasteiger partial charge in [0.2, 0.25) is 11.8 Å². The van der Waals surface area contributed by atoms with Gasteiger partial charge in [0.1, 0.15) is 11.9 Å². The van der Waals surface area contributed by atoms with Crippen molar-refractivity contribution >= 4 is 23.6 Å². The standard InChI is InChI=1S/C24H32N4O4/c1-4-19(14-22(30)32-5-2)26-21(29)15-28-16(3)13-18(24(28)31)9-11-20-10-8-17-7-6-12-25-23(17)27-20/h1,8,10,16,18-19H,5-7,9,11-15H2,2-3H3,(H,25,27)(H,26,29)/t16-,18+,19-/m1/s1. The molecule has 2 aliphatic rings. The summed E-state index contributed by atoms with van der Waals surface area (Å²) in [5.41, 5.74) is 2.22. The van der Waals surface area contributed by atoms with Crippen molar-refractivity contribution < 1.29 is 19.1 Å². The van der Waals surface area contributed by atoms with Crippen LogP contribution in [0.25, 0.3) is 0 Å². The molecular formula is C24H32N4O4. The quantitative estimate of drug-likeness (QED) is 0.448. The number of hydrogen-bond acceptors (Lipinski definition) is 6. The molecule has 3 heterocycles. The number of terminal acetylenes is 1. The molecule has 8 heteroatoms. The van der Waals surface area contributed by atoms with E-state index in [1.54, 1.807) is 11.8 Å². The van der Waals surface area contributed by atoms with Crippen LogP contribution in [-0.4, -0.2) is 59.4 Å². The van der Waals surface area contributed by atoms with Gasteiger partial charge in [0, 0.05) is 24.2 Å². The lowest BCUT2D eigenvalue weighted by Crippen LogP contribution is -2.45. The Morgan fingerprint density at radius 3 is 3.00 bits per heavy atom. The van der Waals surface area contributed by atoms with Crippen molar-refractivity contribution in [3.63, 3.8) is 0 Å². The predicted molar refractivity (Wildman–Crippen MR) is 121 cm³/mol. The third kappa shape index (κ3) is 6.00. The molecular weight excluding hydrogens is 408 g/mol. The van der Waals surface area contributed by atoms with Gasteiger partial charge in [0.25, 0.3) is 0 Å². The van der Waals surface area contributed by atoms with Crippen LogP contribution in [0.15, 0.2) is 12.1 Å². The van der Waals surface area contributed by atoms with Gasteiger partial charge in [-0.15, -0.1) is 6.42 Å². The zero-order valence-electron chi connectivity index (χ0n) is 18.9. The second kappa shape index (κ2) is 11.0. The van der Waals surface area contributed by atoms with Crippen molar-refractivity contribution in [3.05, 3.63) is 23.4 Å². The molecule has 0 aliphatic carbocycles. The molecule has 0 saturated carbocycles. The normalized spacial score (nSPS) is 20.7. The number of rotatable bonds is 9. The van der Waals surface area contributed by atoms with E-state index in [-0.39, 0.29) is 43.3 Å². The lowest BCUT2D eigenvalue weighted by Gasteiger charge is -2.22. The van der Waals surface area contributed by atoms with Gasteiger partial charge in [-0.2, -0.15) is 0 Å². The van der Waals surface area contributed by atoms with Crippen LogP contribution >= 0.6 is 0 Å². The summed E-state index contributed by atoms with van der Waals surface area (Å²) in [5.74, 6) is 2.36. The molecule has 1 saturated heterocycles. The van der Waals surface area contributed by atoms with Crippen LogP contribution in [0.5, 0.6) is 0 Å². The van der Waals surface area contributed by atoms with E-state index in [1.165, 1.54) is 5.56 Å². The highest BCUT2D eigenvalue weighted by Gasteiger charge is 2.37. The molecule has 1 fully saturated rings. The summed E-state index contributed by atoms with van der Waals surface area (Å²) in [7, 11) is 0. The molecule has 0 bridgehead atoms. The topological polar surface area (TPSA) is 101 Å².